The predicted molar refractivity (Wildman–Crippen MR) is 85.4 cm³/mol. The van der Waals surface area contributed by atoms with Crippen molar-refractivity contribution in [2.24, 2.45) is 0 Å². The highest BCUT2D eigenvalue weighted by Gasteiger charge is 2.21. The largest absolute Gasteiger partial charge is 0.497 e. The summed E-state index contributed by atoms with van der Waals surface area (Å²) in [6, 6.07) is 10.1. The second kappa shape index (κ2) is 6.75. The van der Waals surface area contributed by atoms with Crippen LogP contribution in [0.3, 0.4) is 0 Å². The van der Waals surface area contributed by atoms with E-state index < -0.39 is 0 Å². The molecule has 0 radical (unpaired) electrons. The third-order valence-corrected chi connectivity index (χ3v) is 3.85. The van der Waals surface area contributed by atoms with Gasteiger partial charge in [0.25, 0.3) is 0 Å². The lowest BCUT2D eigenvalue weighted by molar-refractivity contribution is 0.0408. The molecule has 1 aliphatic heterocycles. The van der Waals surface area contributed by atoms with E-state index in [9.17, 15) is 0 Å². The van der Waals surface area contributed by atoms with Gasteiger partial charge < -0.3 is 14.4 Å². The zero-order chi connectivity index (χ0) is 15.4. The molecule has 1 aromatic carbocycles. The highest BCUT2D eigenvalue weighted by atomic mass is 16.5. The predicted octanol–water partition coefficient (Wildman–Crippen LogP) is 2.24. The third kappa shape index (κ3) is 3.54. The van der Waals surface area contributed by atoms with Crippen molar-refractivity contribution in [2.75, 3.05) is 31.7 Å². The van der Waals surface area contributed by atoms with Gasteiger partial charge in [-0.1, -0.05) is 12.1 Å². The van der Waals surface area contributed by atoms with Crippen LogP contribution < -0.4 is 9.64 Å². The summed E-state index contributed by atoms with van der Waals surface area (Å²) in [5.41, 5.74) is 1.26. The Kier molecular flexibility index (Phi) is 4.53. The van der Waals surface area contributed by atoms with Crippen LogP contribution in [0.25, 0.3) is 0 Å². The van der Waals surface area contributed by atoms with Gasteiger partial charge in [0.05, 0.1) is 19.8 Å². The molecule has 0 amide bonds. The summed E-state index contributed by atoms with van der Waals surface area (Å²) in [6.07, 6.45) is 2.88. The summed E-state index contributed by atoms with van der Waals surface area (Å²) in [5.74, 6) is 2.66. The van der Waals surface area contributed by atoms with Crippen LogP contribution in [0.5, 0.6) is 5.75 Å². The molecule has 1 saturated heterocycles. The fourth-order valence-electron chi connectivity index (χ4n) is 2.70. The smallest absolute Gasteiger partial charge is 0.132 e. The van der Waals surface area contributed by atoms with E-state index in [4.69, 9.17) is 9.47 Å². The number of hydrogen-bond acceptors (Lipinski definition) is 5. The molecule has 1 aromatic heterocycles. The summed E-state index contributed by atoms with van der Waals surface area (Å²) in [7, 11) is 1.68. The summed E-state index contributed by atoms with van der Waals surface area (Å²) < 4.78 is 11.1. The molecule has 5 heteroatoms. The minimum absolute atomic E-state index is 0.178. The van der Waals surface area contributed by atoms with Crippen molar-refractivity contribution >= 4 is 5.82 Å². The minimum Gasteiger partial charge on any atom is -0.497 e. The molecule has 0 spiro atoms. The first-order chi connectivity index (χ1) is 10.7. The average Bonchev–Trinajstić information content (AvgIpc) is 2.56. The van der Waals surface area contributed by atoms with E-state index in [-0.39, 0.29) is 6.10 Å². The molecule has 1 fully saturated rings. The van der Waals surface area contributed by atoms with E-state index in [0.717, 1.165) is 43.5 Å². The van der Waals surface area contributed by atoms with Crippen molar-refractivity contribution in [3.63, 3.8) is 0 Å². The lowest BCUT2D eigenvalue weighted by atomic mass is 10.1. The molecule has 3 rings (SSSR count). The zero-order valence-electron chi connectivity index (χ0n) is 13.0. The third-order valence-electron chi connectivity index (χ3n) is 3.85. The van der Waals surface area contributed by atoms with Crippen LogP contribution in [0.4, 0.5) is 5.82 Å². The Bertz CT molecular complexity index is 616. The van der Waals surface area contributed by atoms with Gasteiger partial charge in [-0.3, -0.25) is 0 Å². The minimum atomic E-state index is 0.178. The van der Waals surface area contributed by atoms with Gasteiger partial charge in [-0.15, -0.1) is 0 Å². The van der Waals surface area contributed by atoms with Gasteiger partial charge in [0, 0.05) is 25.7 Å². The van der Waals surface area contributed by atoms with E-state index in [1.54, 1.807) is 7.11 Å². The number of ether oxygens (including phenoxy) is 2. The summed E-state index contributed by atoms with van der Waals surface area (Å²) in [5, 5.41) is 0. The Labute approximate surface area is 130 Å². The maximum absolute atomic E-state index is 5.90. The molecule has 22 heavy (non-hydrogen) atoms. The number of hydrogen-bond donors (Lipinski definition) is 0. The molecule has 0 bridgehead atoms. The standard InChI is InChI=1S/C17H21N3O2/c1-13-18-8-7-17(19-13)20-9-10-22-16(12-20)11-14-3-5-15(21-2)6-4-14/h3-8,16H,9-12H2,1-2H3/t16-/m1/s1. The Hall–Kier alpha value is -2.14. The molecule has 5 nitrogen and oxygen atoms in total. The highest BCUT2D eigenvalue weighted by Crippen LogP contribution is 2.18. The fraction of sp³-hybridized carbons (Fsp3) is 0.412. The van der Waals surface area contributed by atoms with Crippen LogP contribution in [-0.4, -0.2) is 42.9 Å². The van der Waals surface area contributed by atoms with Gasteiger partial charge in [-0.05, 0) is 30.7 Å². The lowest BCUT2D eigenvalue weighted by Crippen LogP contribution is -2.43. The topological polar surface area (TPSA) is 47.5 Å². The lowest BCUT2D eigenvalue weighted by Gasteiger charge is -2.33. The molecule has 0 saturated carbocycles. The van der Waals surface area contributed by atoms with Crippen LogP contribution in [0, 0.1) is 6.92 Å². The van der Waals surface area contributed by atoms with E-state index >= 15 is 0 Å². The Morgan fingerprint density at radius 2 is 2.09 bits per heavy atom. The first-order valence-electron chi connectivity index (χ1n) is 7.54. The van der Waals surface area contributed by atoms with E-state index in [0.29, 0.717) is 0 Å². The van der Waals surface area contributed by atoms with E-state index in [2.05, 4.69) is 27.0 Å². The number of methoxy groups -OCH3 is 1. The van der Waals surface area contributed by atoms with Gasteiger partial charge in [0.2, 0.25) is 0 Å². The number of anilines is 1. The molecule has 0 N–H and O–H groups in total. The number of benzene rings is 1. The normalized spacial score (nSPS) is 18.3. The van der Waals surface area contributed by atoms with Crippen LogP contribution in [-0.2, 0) is 11.2 Å². The molecule has 1 aliphatic rings. The van der Waals surface area contributed by atoms with Crippen LogP contribution >= 0.6 is 0 Å². The molecular formula is C17H21N3O2. The number of aromatic nitrogens is 2. The van der Waals surface area contributed by atoms with Gasteiger partial charge in [0.15, 0.2) is 0 Å². The molecule has 2 heterocycles. The zero-order valence-corrected chi connectivity index (χ0v) is 13.0. The van der Waals surface area contributed by atoms with Crippen molar-refractivity contribution in [3.8, 4) is 5.75 Å². The van der Waals surface area contributed by atoms with E-state index in [1.807, 2.05) is 31.3 Å². The fourth-order valence-corrected chi connectivity index (χ4v) is 2.70. The molecule has 0 unspecified atom stereocenters. The molecule has 1 atom stereocenters. The molecule has 0 aliphatic carbocycles. The Morgan fingerprint density at radius 1 is 1.27 bits per heavy atom. The number of morpholine rings is 1. The second-order valence-electron chi connectivity index (χ2n) is 5.45. The van der Waals surface area contributed by atoms with Crippen molar-refractivity contribution in [2.45, 2.75) is 19.4 Å². The summed E-state index contributed by atoms with van der Waals surface area (Å²) >= 11 is 0. The van der Waals surface area contributed by atoms with Gasteiger partial charge >= 0.3 is 0 Å². The first kappa shape index (κ1) is 14.8. The number of nitrogens with zero attached hydrogens (tertiary/aromatic N) is 3. The number of rotatable bonds is 4. The SMILES string of the molecule is COc1ccc(C[C@@H]2CN(c3ccnc(C)n3)CCO2)cc1. The van der Waals surface area contributed by atoms with Gasteiger partial charge in [0.1, 0.15) is 17.4 Å². The summed E-state index contributed by atoms with van der Waals surface area (Å²) in [4.78, 5) is 10.9. The van der Waals surface area contributed by atoms with E-state index in [1.165, 1.54) is 5.56 Å². The Morgan fingerprint density at radius 3 is 2.82 bits per heavy atom. The highest BCUT2D eigenvalue weighted by molar-refractivity contribution is 5.38. The van der Waals surface area contributed by atoms with Gasteiger partial charge in [-0.25, -0.2) is 9.97 Å². The maximum Gasteiger partial charge on any atom is 0.132 e. The summed E-state index contributed by atoms with van der Waals surface area (Å²) in [6.45, 7) is 4.36. The van der Waals surface area contributed by atoms with Crippen LogP contribution in [0.1, 0.15) is 11.4 Å². The molecule has 2 aromatic rings. The quantitative estimate of drug-likeness (QED) is 0.866. The monoisotopic (exact) mass is 299 g/mol. The maximum atomic E-state index is 5.90. The van der Waals surface area contributed by atoms with Crippen molar-refractivity contribution in [3.05, 3.63) is 47.9 Å². The molecule has 116 valence electrons. The first-order valence-corrected chi connectivity index (χ1v) is 7.54. The van der Waals surface area contributed by atoms with Crippen LogP contribution in [0.2, 0.25) is 0 Å². The van der Waals surface area contributed by atoms with Crippen molar-refractivity contribution in [1.82, 2.24) is 9.97 Å². The average molecular weight is 299 g/mol. The second-order valence-corrected chi connectivity index (χ2v) is 5.45. The Balaban J connectivity index is 1.65. The van der Waals surface area contributed by atoms with Crippen molar-refractivity contribution < 1.29 is 9.47 Å². The van der Waals surface area contributed by atoms with Crippen LogP contribution in [0.15, 0.2) is 36.5 Å². The van der Waals surface area contributed by atoms with Gasteiger partial charge in [-0.2, -0.15) is 0 Å². The van der Waals surface area contributed by atoms with Crippen molar-refractivity contribution in [1.29, 1.82) is 0 Å². The molecular weight excluding hydrogens is 278 g/mol. The number of aryl methyl sites for hydroxylation is 1.